The number of benzene rings is 8. The quantitative estimate of drug-likeness (QED) is 0.114. The molecular weight excluding hydrogens is 737 g/mol. The van der Waals surface area contributed by atoms with Crippen molar-refractivity contribution < 1.29 is 0 Å². The summed E-state index contributed by atoms with van der Waals surface area (Å²) in [6, 6.07) is 83.4. The monoisotopic (exact) mass is 788 g/mol. The van der Waals surface area contributed by atoms with Gasteiger partial charge in [0, 0.05) is 51.7 Å². The van der Waals surface area contributed by atoms with Gasteiger partial charge in [-0.25, -0.2) is 0 Å². The number of anilines is 4. The van der Waals surface area contributed by atoms with Gasteiger partial charge in [0.25, 0.3) is 0 Å². The van der Waals surface area contributed by atoms with E-state index >= 15 is 0 Å². The van der Waals surface area contributed by atoms with Crippen LogP contribution >= 0.6 is 0 Å². The molecule has 0 amide bonds. The molecule has 1 saturated carbocycles. The zero-order valence-electron chi connectivity index (χ0n) is 34.7. The van der Waals surface area contributed by atoms with Gasteiger partial charge >= 0.3 is 0 Å². The summed E-state index contributed by atoms with van der Waals surface area (Å²) in [4.78, 5) is 4.69. The predicted molar refractivity (Wildman–Crippen MR) is 258 cm³/mol. The summed E-state index contributed by atoms with van der Waals surface area (Å²) in [6.07, 6.45) is 11.9. The number of nitrogens with zero attached hydrogens (tertiary/aromatic N) is 2. The second-order valence-corrected chi connectivity index (χ2v) is 16.1. The second kappa shape index (κ2) is 18.8. The average Bonchev–Trinajstić information content (AvgIpc) is 3.61. The van der Waals surface area contributed by atoms with Gasteiger partial charge in [0.2, 0.25) is 0 Å². The zero-order valence-corrected chi connectivity index (χ0v) is 34.7. The number of para-hydroxylation sites is 2. The Morgan fingerprint density at radius 1 is 0.295 bits per heavy atom. The van der Waals surface area contributed by atoms with Crippen LogP contribution in [0.4, 0.5) is 22.7 Å². The van der Waals surface area contributed by atoms with Gasteiger partial charge in [-0.1, -0.05) is 208 Å². The Kier molecular flexibility index (Phi) is 12.1. The second-order valence-electron chi connectivity index (χ2n) is 16.1. The molecule has 9 rings (SSSR count). The summed E-state index contributed by atoms with van der Waals surface area (Å²) < 4.78 is 0. The molecule has 0 radical (unpaired) electrons. The Morgan fingerprint density at radius 3 is 0.852 bits per heavy atom. The molecule has 61 heavy (non-hydrogen) atoms. The molecule has 8 aromatic carbocycles. The number of rotatable bonds is 12. The molecule has 8 aromatic rings. The molecule has 2 nitrogen and oxygen atoms in total. The van der Waals surface area contributed by atoms with E-state index in [4.69, 9.17) is 0 Å². The molecule has 0 atom stereocenters. The minimum absolute atomic E-state index is 0.0765. The fraction of sp³-hybridized carbons (Fsp3) is 0.119. The summed E-state index contributed by atoms with van der Waals surface area (Å²) in [7, 11) is 0. The van der Waals surface area contributed by atoms with E-state index in [0.717, 1.165) is 35.6 Å². The Labute approximate surface area is 362 Å². The van der Waals surface area contributed by atoms with Crippen LogP contribution < -0.4 is 9.80 Å². The van der Waals surface area contributed by atoms with Crippen molar-refractivity contribution in [2.45, 2.75) is 43.9 Å². The van der Waals surface area contributed by atoms with Gasteiger partial charge < -0.3 is 9.80 Å². The van der Waals surface area contributed by atoms with Crippen molar-refractivity contribution >= 4 is 33.9 Å². The first kappa shape index (κ1) is 39.3. The van der Waals surface area contributed by atoms with E-state index in [1.54, 1.807) is 0 Å². The normalized spacial score (nSPS) is 13.3. The maximum Gasteiger partial charge on any atom is 0.0455 e. The van der Waals surface area contributed by atoms with E-state index in [-0.39, 0.29) is 5.41 Å². The molecule has 0 aliphatic heterocycles. The van der Waals surface area contributed by atoms with Gasteiger partial charge in [-0.3, -0.25) is 0 Å². The molecule has 0 N–H and O–H groups in total. The van der Waals surface area contributed by atoms with Crippen LogP contribution in [0.2, 0.25) is 0 Å². The van der Waals surface area contributed by atoms with Crippen LogP contribution in [0, 0.1) is 0 Å². The first-order valence-corrected chi connectivity index (χ1v) is 21.8. The molecule has 0 heterocycles. The van der Waals surface area contributed by atoms with Crippen molar-refractivity contribution in [3.8, 4) is 0 Å². The molecule has 0 unspecified atom stereocenters. The van der Waals surface area contributed by atoms with E-state index in [2.05, 4.69) is 253 Å². The fourth-order valence-electron chi connectivity index (χ4n) is 9.09. The predicted octanol–water partition coefficient (Wildman–Crippen LogP) is 15.8. The van der Waals surface area contributed by atoms with Crippen LogP contribution in [0.15, 0.2) is 243 Å². The number of hydrogen-bond donors (Lipinski definition) is 0. The van der Waals surface area contributed by atoms with Crippen molar-refractivity contribution in [1.29, 1.82) is 0 Å². The Hall–Kier alpha value is -7.16. The minimum Gasteiger partial charge on any atom is -0.317 e. The van der Waals surface area contributed by atoms with Crippen LogP contribution in [0.25, 0.3) is 11.1 Å². The third-order valence-corrected chi connectivity index (χ3v) is 12.3. The highest BCUT2D eigenvalue weighted by Gasteiger charge is 2.35. The van der Waals surface area contributed by atoms with Gasteiger partial charge in [0.05, 0.1) is 0 Å². The minimum atomic E-state index is -0.0765. The van der Waals surface area contributed by atoms with Crippen molar-refractivity contribution in [2.75, 3.05) is 9.80 Å². The van der Waals surface area contributed by atoms with Crippen LogP contribution in [-0.4, -0.2) is 0 Å². The number of hydrogen-bond acceptors (Lipinski definition) is 2. The van der Waals surface area contributed by atoms with Gasteiger partial charge in [-0.05, 0) is 94.8 Å². The van der Waals surface area contributed by atoms with E-state index in [1.165, 1.54) is 70.2 Å². The maximum atomic E-state index is 2.41. The standard InChI is InChI=1S/C59H52N2/c1-2-22-44-59(43-21-1,51-35-39-55(40-36-51)60(53-31-17-7-18-32-53)45-57(47-23-9-3-10-24-47)48-25-11-4-12-26-48)52-37-41-56(42-38-52)61(54-33-19-8-20-34-54)46-58(49-27-13-5-14-28-49)50-29-15-6-16-30-50/h3-20,23-42,45-46H,1-2,21-22,43-44H2. The summed E-state index contributed by atoms with van der Waals surface area (Å²) >= 11 is 0. The van der Waals surface area contributed by atoms with Crippen molar-refractivity contribution in [3.05, 3.63) is 276 Å². The Bertz CT molecular complexity index is 2360. The molecule has 1 aliphatic carbocycles. The van der Waals surface area contributed by atoms with Crippen LogP contribution in [-0.2, 0) is 5.41 Å². The van der Waals surface area contributed by atoms with Crippen LogP contribution in [0.1, 0.15) is 71.9 Å². The van der Waals surface area contributed by atoms with Crippen molar-refractivity contribution in [3.63, 3.8) is 0 Å². The average molecular weight is 789 g/mol. The van der Waals surface area contributed by atoms with E-state index in [0.29, 0.717) is 0 Å². The first-order valence-electron chi connectivity index (χ1n) is 21.8. The third-order valence-electron chi connectivity index (χ3n) is 12.3. The largest absolute Gasteiger partial charge is 0.317 e. The lowest BCUT2D eigenvalue weighted by Crippen LogP contribution is -2.27. The van der Waals surface area contributed by atoms with Gasteiger partial charge in [0.1, 0.15) is 0 Å². The molecule has 0 saturated heterocycles. The summed E-state index contributed by atoms with van der Waals surface area (Å²) in [5.74, 6) is 0. The maximum absolute atomic E-state index is 2.41. The summed E-state index contributed by atoms with van der Waals surface area (Å²) in [5, 5.41) is 0. The molecule has 1 fully saturated rings. The van der Waals surface area contributed by atoms with Crippen LogP contribution in [0.3, 0.4) is 0 Å². The lowest BCUT2D eigenvalue weighted by Gasteiger charge is -2.35. The van der Waals surface area contributed by atoms with Gasteiger partial charge in [-0.2, -0.15) is 0 Å². The molecule has 298 valence electrons. The molecular formula is C59H52N2. The summed E-state index contributed by atoms with van der Waals surface area (Å²) in [6.45, 7) is 0. The van der Waals surface area contributed by atoms with Crippen molar-refractivity contribution in [2.24, 2.45) is 0 Å². The highest BCUT2D eigenvalue weighted by molar-refractivity contribution is 5.85. The fourth-order valence-corrected chi connectivity index (χ4v) is 9.09. The van der Waals surface area contributed by atoms with E-state index in [1.807, 2.05) is 0 Å². The highest BCUT2D eigenvalue weighted by Crippen LogP contribution is 2.46. The topological polar surface area (TPSA) is 6.48 Å². The zero-order chi connectivity index (χ0) is 41.1. The SMILES string of the molecule is C(=C(c1ccccc1)c1ccccc1)N(c1ccccc1)c1ccc(C2(c3ccc(N(C=C(c4ccccc4)c4ccccc4)c4ccccc4)cc3)CCCCCC2)cc1. The third kappa shape index (κ3) is 8.91. The molecule has 0 aromatic heterocycles. The van der Waals surface area contributed by atoms with Gasteiger partial charge in [-0.15, -0.1) is 0 Å². The molecule has 0 spiro atoms. The lowest BCUT2D eigenvalue weighted by atomic mass is 9.69. The van der Waals surface area contributed by atoms with Gasteiger partial charge in [0.15, 0.2) is 0 Å². The summed E-state index contributed by atoms with van der Waals surface area (Å²) in [5.41, 5.74) is 14.3. The Balaban J connectivity index is 1.11. The van der Waals surface area contributed by atoms with E-state index < -0.39 is 0 Å². The molecule has 1 aliphatic rings. The first-order chi connectivity index (χ1) is 30.2. The van der Waals surface area contributed by atoms with E-state index in [9.17, 15) is 0 Å². The molecule has 2 heteroatoms. The van der Waals surface area contributed by atoms with Crippen molar-refractivity contribution in [1.82, 2.24) is 0 Å². The smallest absolute Gasteiger partial charge is 0.0455 e. The highest BCUT2D eigenvalue weighted by atomic mass is 15.1. The van der Waals surface area contributed by atoms with Crippen LogP contribution in [0.5, 0.6) is 0 Å². The lowest BCUT2D eigenvalue weighted by molar-refractivity contribution is 0.446. The Morgan fingerprint density at radius 2 is 0.557 bits per heavy atom. The molecule has 0 bridgehead atoms.